The van der Waals surface area contributed by atoms with Crippen molar-refractivity contribution in [3.05, 3.63) is 41.3 Å². The molecule has 0 aliphatic heterocycles. The number of aromatic amines is 1. The van der Waals surface area contributed by atoms with E-state index in [4.69, 9.17) is 9.97 Å². The Kier molecular flexibility index (Phi) is 4.87. The molecule has 26 heavy (non-hydrogen) atoms. The zero-order valence-corrected chi connectivity index (χ0v) is 15.7. The topological polar surface area (TPSA) is 66.5 Å². The number of H-pyrrole nitrogens is 1. The number of benzene rings is 1. The molecule has 0 spiro atoms. The Morgan fingerprint density at radius 3 is 2.46 bits per heavy atom. The molecule has 0 radical (unpaired) electrons. The number of nitrogens with one attached hydrogen (secondary N) is 2. The zero-order valence-electron chi connectivity index (χ0n) is 15.7. The number of fused-ring (bicyclic) bond motifs is 1. The third-order valence-corrected chi connectivity index (χ3v) is 5.58. The van der Waals surface area contributed by atoms with Crippen LogP contribution in [0.2, 0.25) is 0 Å². The Morgan fingerprint density at radius 1 is 0.923 bits per heavy atom. The standard InChI is InChI=1S/C21H27N5/c1-14-15(2)22-20(16-10-6-4-3-5-7-11-16)23-19(14)24-21-17-12-8-9-13-18(17)25-26-21/h8-9,12-13,16H,3-7,10-11H2,1-2H3,(H2,22,23,24,25,26). The van der Waals surface area contributed by atoms with Crippen LogP contribution >= 0.6 is 0 Å². The largest absolute Gasteiger partial charge is 0.323 e. The van der Waals surface area contributed by atoms with Gasteiger partial charge < -0.3 is 5.32 Å². The van der Waals surface area contributed by atoms with E-state index in [0.29, 0.717) is 5.92 Å². The molecule has 5 nitrogen and oxygen atoms in total. The minimum Gasteiger partial charge on any atom is -0.323 e. The summed E-state index contributed by atoms with van der Waals surface area (Å²) in [6.07, 6.45) is 9.03. The molecule has 0 saturated heterocycles. The average molecular weight is 349 g/mol. The van der Waals surface area contributed by atoms with Crippen LogP contribution in [0.1, 0.15) is 67.9 Å². The Balaban J connectivity index is 1.66. The number of hydrogen-bond acceptors (Lipinski definition) is 4. The Labute approximate surface area is 154 Å². The van der Waals surface area contributed by atoms with E-state index in [0.717, 1.165) is 39.6 Å². The summed E-state index contributed by atoms with van der Waals surface area (Å²) in [5.41, 5.74) is 3.17. The summed E-state index contributed by atoms with van der Waals surface area (Å²) >= 11 is 0. The van der Waals surface area contributed by atoms with Gasteiger partial charge in [-0.15, -0.1) is 0 Å². The molecule has 4 rings (SSSR count). The fourth-order valence-corrected chi connectivity index (χ4v) is 3.84. The fourth-order valence-electron chi connectivity index (χ4n) is 3.84. The van der Waals surface area contributed by atoms with Gasteiger partial charge in [-0.2, -0.15) is 5.10 Å². The Hall–Kier alpha value is -2.43. The van der Waals surface area contributed by atoms with E-state index in [2.05, 4.69) is 35.4 Å². The summed E-state index contributed by atoms with van der Waals surface area (Å²) < 4.78 is 0. The minimum absolute atomic E-state index is 0.478. The Morgan fingerprint density at radius 2 is 1.65 bits per heavy atom. The summed E-state index contributed by atoms with van der Waals surface area (Å²) in [5.74, 6) is 3.18. The lowest BCUT2D eigenvalue weighted by molar-refractivity contribution is 0.442. The van der Waals surface area contributed by atoms with Crippen molar-refractivity contribution in [3.8, 4) is 0 Å². The fraction of sp³-hybridized carbons (Fsp3) is 0.476. The predicted octanol–water partition coefficient (Wildman–Crippen LogP) is 5.54. The van der Waals surface area contributed by atoms with Gasteiger partial charge >= 0.3 is 0 Å². The third kappa shape index (κ3) is 3.43. The van der Waals surface area contributed by atoms with E-state index in [1.54, 1.807) is 0 Å². The quantitative estimate of drug-likeness (QED) is 0.651. The number of hydrogen-bond donors (Lipinski definition) is 2. The molecule has 2 aromatic heterocycles. The predicted molar refractivity (Wildman–Crippen MR) is 106 cm³/mol. The molecule has 136 valence electrons. The molecule has 0 bridgehead atoms. The second-order valence-corrected chi connectivity index (χ2v) is 7.43. The van der Waals surface area contributed by atoms with Crippen LogP contribution in [0, 0.1) is 13.8 Å². The van der Waals surface area contributed by atoms with E-state index in [9.17, 15) is 0 Å². The monoisotopic (exact) mass is 349 g/mol. The van der Waals surface area contributed by atoms with Gasteiger partial charge in [-0.05, 0) is 38.8 Å². The van der Waals surface area contributed by atoms with Crippen molar-refractivity contribution in [1.29, 1.82) is 0 Å². The Bertz CT molecular complexity index is 891. The molecule has 1 fully saturated rings. The van der Waals surface area contributed by atoms with Gasteiger partial charge in [-0.1, -0.05) is 44.2 Å². The lowest BCUT2D eigenvalue weighted by atomic mass is 9.90. The number of anilines is 2. The highest BCUT2D eigenvalue weighted by Gasteiger charge is 2.19. The first kappa shape index (κ1) is 17.0. The summed E-state index contributed by atoms with van der Waals surface area (Å²) in [6, 6.07) is 8.14. The molecule has 2 heterocycles. The van der Waals surface area contributed by atoms with E-state index in [1.165, 1.54) is 44.9 Å². The number of aromatic nitrogens is 4. The van der Waals surface area contributed by atoms with E-state index < -0.39 is 0 Å². The van der Waals surface area contributed by atoms with Crippen LogP contribution in [-0.2, 0) is 0 Å². The number of aryl methyl sites for hydroxylation is 1. The minimum atomic E-state index is 0.478. The normalized spacial score (nSPS) is 16.4. The maximum Gasteiger partial charge on any atom is 0.161 e. The van der Waals surface area contributed by atoms with Gasteiger partial charge in [-0.25, -0.2) is 9.97 Å². The average Bonchev–Trinajstić information content (AvgIpc) is 3.02. The second-order valence-electron chi connectivity index (χ2n) is 7.43. The van der Waals surface area contributed by atoms with Crippen molar-refractivity contribution in [2.24, 2.45) is 0 Å². The van der Waals surface area contributed by atoms with Crippen LogP contribution in [0.15, 0.2) is 24.3 Å². The SMILES string of the molecule is Cc1nc(C2CCCCCCC2)nc(Nc2n[nH]c3ccccc23)c1C. The van der Waals surface area contributed by atoms with Crippen molar-refractivity contribution in [2.75, 3.05) is 5.32 Å². The molecular weight excluding hydrogens is 322 g/mol. The van der Waals surface area contributed by atoms with Crippen LogP contribution in [0.5, 0.6) is 0 Å². The summed E-state index contributed by atoms with van der Waals surface area (Å²) in [7, 11) is 0. The molecule has 3 aromatic rings. The van der Waals surface area contributed by atoms with Gasteiger partial charge in [0.2, 0.25) is 0 Å². The van der Waals surface area contributed by atoms with E-state index in [1.807, 2.05) is 18.2 Å². The summed E-state index contributed by atoms with van der Waals surface area (Å²) in [4.78, 5) is 9.78. The molecule has 1 aliphatic carbocycles. The molecule has 0 unspecified atom stereocenters. The second kappa shape index (κ2) is 7.44. The molecule has 0 amide bonds. The molecule has 5 heteroatoms. The lowest BCUT2D eigenvalue weighted by Gasteiger charge is -2.20. The van der Waals surface area contributed by atoms with Crippen molar-refractivity contribution >= 4 is 22.5 Å². The zero-order chi connectivity index (χ0) is 17.9. The van der Waals surface area contributed by atoms with Crippen LogP contribution < -0.4 is 5.32 Å². The molecule has 2 N–H and O–H groups in total. The third-order valence-electron chi connectivity index (χ3n) is 5.58. The highest BCUT2D eigenvalue weighted by atomic mass is 15.2. The smallest absolute Gasteiger partial charge is 0.161 e. The van der Waals surface area contributed by atoms with Gasteiger partial charge in [0.15, 0.2) is 5.82 Å². The van der Waals surface area contributed by atoms with Crippen LogP contribution in [0.4, 0.5) is 11.6 Å². The van der Waals surface area contributed by atoms with Gasteiger partial charge in [0, 0.05) is 22.6 Å². The van der Waals surface area contributed by atoms with Gasteiger partial charge in [0.25, 0.3) is 0 Å². The first-order chi connectivity index (χ1) is 12.7. The van der Waals surface area contributed by atoms with Crippen molar-refractivity contribution in [1.82, 2.24) is 20.2 Å². The molecule has 1 saturated carbocycles. The first-order valence-corrected chi connectivity index (χ1v) is 9.77. The maximum atomic E-state index is 4.93. The molecule has 1 aliphatic rings. The van der Waals surface area contributed by atoms with Crippen molar-refractivity contribution in [3.63, 3.8) is 0 Å². The van der Waals surface area contributed by atoms with E-state index >= 15 is 0 Å². The molecule has 0 atom stereocenters. The highest BCUT2D eigenvalue weighted by molar-refractivity contribution is 5.91. The van der Waals surface area contributed by atoms with E-state index in [-0.39, 0.29) is 0 Å². The number of nitrogens with zero attached hydrogens (tertiary/aromatic N) is 3. The van der Waals surface area contributed by atoms with Crippen molar-refractivity contribution in [2.45, 2.75) is 64.7 Å². The van der Waals surface area contributed by atoms with Crippen LogP contribution in [0.3, 0.4) is 0 Å². The summed E-state index contributed by atoms with van der Waals surface area (Å²) in [6.45, 7) is 4.16. The number of rotatable bonds is 3. The van der Waals surface area contributed by atoms with Crippen molar-refractivity contribution < 1.29 is 0 Å². The lowest BCUT2D eigenvalue weighted by Crippen LogP contribution is -2.11. The highest BCUT2D eigenvalue weighted by Crippen LogP contribution is 2.32. The molecule has 1 aromatic carbocycles. The van der Waals surface area contributed by atoms with Gasteiger partial charge in [-0.3, -0.25) is 5.10 Å². The molecular formula is C21H27N5. The summed E-state index contributed by atoms with van der Waals surface area (Å²) in [5, 5.41) is 12.0. The van der Waals surface area contributed by atoms with Crippen LogP contribution in [0.25, 0.3) is 10.9 Å². The van der Waals surface area contributed by atoms with Gasteiger partial charge in [0.05, 0.1) is 5.52 Å². The first-order valence-electron chi connectivity index (χ1n) is 9.77. The van der Waals surface area contributed by atoms with Crippen LogP contribution in [-0.4, -0.2) is 20.2 Å². The number of para-hydroxylation sites is 1. The van der Waals surface area contributed by atoms with Gasteiger partial charge in [0.1, 0.15) is 11.6 Å². The maximum absolute atomic E-state index is 4.93.